The Morgan fingerprint density at radius 1 is 1.37 bits per heavy atom. The van der Waals surface area contributed by atoms with Crippen molar-refractivity contribution in [3.05, 3.63) is 47.8 Å². The van der Waals surface area contributed by atoms with Gasteiger partial charge in [0.25, 0.3) is 0 Å². The summed E-state index contributed by atoms with van der Waals surface area (Å²) in [6, 6.07) is 8.54. The highest BCUT2D eigenvalue weighted by Crippen LogP contribution is 2.25. The van der Waals surface area contributed by atoms with Crippen molar-refractivity contribution >= 4 is 0 Å². The Kier molecular flexibility index (Phi) is 3.86. The van der Waals surface area contributed by atoms with Gasteiger partial charge in [0.1, 0.15) is 0 Å². The van der Waals surface area contributed by atoms with Gasteiger partial charge >= 0.3 is 0 Å². The summed E-state index contributed by atoms with van der Waals surface area (Å²) in [5.41, 5.74) is 2.74. The van der Waals surface area contributed by atoms with Crippen LogP contribution in [0.15, 0.2) is 36.7 Å². The third kappa shape index (κ3) is 3.00. The first-order valence-electron chi connectivity index (χ1n) is 6.68. The molecule has 1 aliphatic rings. The number of fused-ring (bicyclic) bond motifs is 1. The van der Waals surface area contributed by atoms with E-state index in [1.54, 1.807) is 6.20 Å². The molecule has 1 atom stereocenters. The van der Waals surface area contributed by atoms with Crippen LogP contribution in [0.4, 0.5) is 0 Å². The van der Waals surface area contributed by atoms with E-state index in [0.29, 0.717) is 0 Å². The number of hydrogen-bond donors (Lipinski definition) is 1. The van der Waals surface area contributed by atoms with E-state index in [0.717, 1.165) is 32.7 Å². The molecule has 1 N–H and O–H groups in total. The fraction of sp³-hybridized carbons (Fsp3) is 0.429. The molecule has 0 fully saturated rings. The van der Waals surface area contributed by atoms with Gasteiger partial charge in [0.15, 0.2) is 0 Å². The van der Waals surface area contributed by atoms with Gasteiger partial charge in [0.2, 0.25) is 0 Å². The number of nitrogens with one attached hydrogen (secondary N) is 1. The van der Waals surface area contributed by atoms with Gasteiger partial charge in [-0.2, -0.15) is 0 Å². The zero-order chi connectivity index (χ0) is 12.9. The molecular weight excluding hydrogens is 240 g/mol. The van der Waals surface area contributed by atoms with Crippen molar-refractivity contribution in [2.24, 2.45) is 0 Å². The standard InChI is InChI=1S/C14H18N4O/c1-2-4-13-12(3-1)5-10-19-14(13)11-15-6-8-18-9-7-16-17-18/h1-4,7,9,14-15H,5-6,8,10-11H2. The van der Waals surface area contributed by atoms with Gasteiger partial charge in [0, 0.05) is 19.3 Å². The van der Waals surface area contributed by atoms with Crippen LogP contribution in [0.5, 0.6) is 0 Å². The van der Waals surface area contributed by atoms with Crippen molar-refractivity contribution in [3.8, 4) is 0 Å². The average Bonchev–Trinajstić information content (AvgIpc) is 2.97. The van der Waals surface area contributed by atoms with Gasteiger partial charge in [-0.25, -0.2) is 0 Å². The highest BCUT2D eigenvalue weighted by molar-refractivity contribution is 5.31. The molecule has 0 saturated heterocycles. The Labute approximate surface area is 112 Å². The fourth-order valence-electron chi connectivity index (χ4n) is 2.42. The van der Waals surface area contributed by atoms with Gasteiger partial charge in [-0.1, -0.05) is 29.5 Å². The number of hydrogen-bond acceptors (Lipinski definition) is 4. The molecule has 100 valence electrons. The quantitative estimate of drug-likeness (QED) is 0.818. The van der Waals surface area contributed by atoms with E-state index in [-0.39, 0.29) is 6.10 Å². The van der Waals surface area contributed by atoms with Crippen LogP contribution in [-0.4, -0.2) is 34.7 Å². The maximum absolute atomic E-state index is 5.84. The number of benzene rings is 1. The van der Waals surface area contributed by atoms with Crippen molar-refractivity contribution in [2.45, 2.75) is 19.1 Å². The van der Waals surface area contributed by atoms with Crippen LogP contribution in [0, 0.1) is 0 Å². The second kappa shape index (κ2) is 5.95. The van der Waals surface area contributed by atoms with Gasteiger partial charge in [-0.15, -0.1) is 5.10 Å². The van der Waals surface area contributed by atoms with Crippen LogP contribution < -0.4 is 5.32 Å². The fourth-order valence-corrected chi connectivity index (χ4v) is 2.42. The van der Waals surface area contributed by atoms with Crippen LogP contribution in [0.1, 0.15) is 17.2 Å². The van der Waals surface area contributed by atoms with E-state index < -0.39 is 0 Å². The molecule has 0 amide bonds. The Bertz CT molecular complexity index is 512. The molecule has 1 aliphatic heterocycles. The van der Waals surface area contributed by atoms with Crippen LogP contribution in [0.3, 0.4) is 0 Å². The predicted octanol–water partition coefficient (Wildman–Crippen LogP) is 1.18. The van der Waals surface area contributed by atoms with E-state index in [9.17, 15) is 0 Å². The minimum atomic E-state index is 0.167. The molecule has 0 aliphatic carbocycles. The summed E-state index contributed by atoms with van der Waals surface area (Å²) in [7, 11) is 0. The van der Waals surface area contributed by atoms with Crippen molar-refractivity contribution < 1.29 is 4.74 Å². The number of nitrogens with zero attached hydrogens (tertiary/aromatic N) is 3. The van der Waals surface area contributed by atoms with Crippen molar-refractivity contribution in [3.63, 3.8) is 0 Å². The van der Waals surface area contributed by atoms with Gasteiger partial charge in [0.05, 0.1) is 25.5 Å². The maximum atomic E-state index is 5.84. The molecule has 2 aromatic rings. The van der Waals surface area contributed by atoms with E-state index in [2.05, 4.69) is 39.9 Å². The summed E-state index contributed by atoms with van der Waals surface area (Å²) in [6.07, 6.45) is 4.75. The van der Waals surface area contributed by atoms with Crippen LogP contribution in [-0.2, 0) is 17.7 Å². The largest absolute Gasteiger partial charge is 0.372 e. The zero-order valence-electron chi connectivity index (χ0n) is 10.8. The third-order valence-electron chi connectivity index (χ3n) is 3.41. The summed E-state index contributed by atoms with van der Waals surface area (Å²) < 4.78 is 7.67. The topological polar surface area (TPSA) is 52.0 Å². The number of rotatable bonds is 5. The molecule has 19 heavy (non-hydrogen) atoms. The van der Waals surface area contributed by atoms with Gasteiger partial charge < -0.3 is 10.1 Å². The maximum Gasteiger partial charge on any atom is 0.0952 e. The molecule has 0 bridgehead atoms. The van der Waals surface area contributed by atoms with Gasteiger partial charge in [-0.3, -0.25) is 4.68 Å². The molecule has 1 aromatic heterocycles. The second-order valence-electron chi connectivity index (χ2n) is 4.68. The van der Waals surface area contributed by atoms with Crippen molar-refractivity contribution in [1.29, 1.82) is 0 Å². The highest BCUT2D eigenvalue weighted by atomic mass is 16.5. The normalized spacial score (nSPS) is 18.2. The zero-order valence-corrected chi connectivity index (χ0v) is 10.8. The minimum Gasteiger partial charge on any atom is -0.372 e. The Balaban J connectivity index is 1.51. The molecule has 3 rings (SSSR count). The lowest BCUT2D eigenvalue weighted by Gasteiger charge is -2.26. The summed E-state index contributed by atoms with van der Waals surface area (Å²) in [5, 5.41) is 11.1. The lowest BCUT2D eigenvalue weighted by molar-refractivity contribution is 0.0425. The third-order valence-corrected chi connectivity index (χ3v) is 3.41. The number of ether oxygens (including phenoxy) is 1. The van der Waals surface area contributed by atoms with E-state index in [1.807, 2.05) is 10.9 Å². The summed E-state index contributed by atoms with van der Waals surface area (Å²) in [6.45, 7) is 3.35. The molecular formula is C14H18N4O. The summed E-state index contributed by atoms with van der Waals surface area (Å²) >= 11 is 0. The Morgan fingerprint density at radius 3 is 3.21 bits per heavy atom. The first kappa shape index (κ1) is 12.3. The SMILES string of the molecule is c1ccc2c(c1)CCOC2CNCCn1ccnn1. The Morgan fingerprint density at radius 2 is 2.32 bits per heavy atom. The van der Waals surface area contributed by atoms with E-state index in [1.165, 1.54) is 11.1 Å². The summed E-state index contributed by atoms with van der Waals surface area (Å²) in [4.78, 5) is 0. The van der Waals surface area contributed by atoms with Crippen molar-refractivity contribution in [2.75, 3.05) is 19.7 Å². The van der Waals surface area contributed by atoms with Crippen LogP contribution in [0.25, 0.3) is 0 Å². The lowest BCUT2D eigenvalue weighted by Crippen LogP contribution is -2.29. The Hall–Kier alpha value is -1.72. The monoisotopic (exact) mass is 258 g/mol. The van der Waals surface area contributed by atoms with Gasteiger partial charge in [-0.05, 0) is 17.5 Å². The predicted molar refractivity (Wildman–Crippen MR) is 71.7 cm³/mol. The lowest BCUT2D eigenvalue weighted by atomic mass is 9.97. The minimum absolute atomic E-state index is 0.167. The first-order valence-corrected chi connectivity index (χ1v) is 6.68. The first-order chi connectivity index (χ1) is 9.43. The van der Waals surface area contributed by atoms with E-state index >= 15 is 0 Å². The van der Waals surface area contributed by atoms with Crippen molar-refractivity contribution in [1.82, 2.24) is 20.3 Å². The van der Waals surface area contributed by atoms with E-state index in [4.69, 9.17) is 4.74 Å². The molecule has 5 nitrogen and oxygen atoms in total. The second-order valence-corrected chi connectivity index (χ2v) is 4.68. The molecule has 0 spiro atoms. The number of aromatic nitrogens is 3. The molecule has 0 radical (unpaired) electrons. The van der Waals surface area contributed by atoms with Crippen LogP contribution in [0.2, 0.25) is 0 Å². The molecule has 1 aromatic carbocycles. The molecule has 0 saturated carbocycles. The summed E-state index contributed by atoms with van der Waals surface area (Å²) in [5.74, 6) is 0. The molecule has 5 heteroatoms. The highest BCUT2D eigenvalue weighted by Gasteiger charge is 2.19. The van der Waals surface area contributed by atoms with Crippen LogP contribution >= 0.6 is 0 Å². The molecule has 1 unspecified atom stereocenters. The molecule has 2 heterocycles. The average molecular weight is 258 g/mol. The smallest absolute Gasteiger partial charge is 0.0952 e.